The van der Waals surface area contributed by atoms with Gasteiger partial charge in [-0.1, -0.05) is 66.4 Å². The Labute approximate surface area is 171 Å². The van der Waals surface area contributed by atoms with Gasteiger partial charge < -0.3 is 9.88 Å². The smallest absolute Gasteiger partial charge is 0.234 e. The summed E-state index contributed by atoms with van der Waals surface area (Å²) in [4.78, 5) is 13.6. The van der Waals surface area contributed by atoms with Crippen LogP contribution in [-0.4, -0.2) is 26.4 Å². The van der Waals surface area contributed by atoms with E-state index in [4.69, 9.17) is 0 Å². The molecule has 0 radical (unpaired) electrons. The zero-order chi connectivity index (χ0) is 19.3. The van der Waals surface area contributed by atoms with E-state index in [-0.39, 0.29) is 11.7 Å². The standard InChI is InChI=1S/C21H18N4OS2/c1-25-20(18-12-7-13-27-18)23-24-21(25)28-14-19(26)22-17-11-6-5-10-16(17)15-8-3-2-4-9-15/h2-13H,14H2,1H3,(H,22,26). The molecule has 0 fully saturated rings. The van der Waals surface area contributed by atoms with E-state index >= 15 is 0 Å². The summed E-state index contributed by atoms with van der Waals surface area (Å²) in [5.41, 5.74) is 2.87. The van der Waals surface area contributed by atoms with E-state index < -0.39 is 0 Å². The second kappa shape index (κ2) is 8.41. The summed E-state index contributed by atoms with van der Waals surface area (Å²) in [6.45, 7) is 0. The Balaban J connectivity index is 1.44. The lowest BCUT2D eigenvalue weighted by molar-refractivity contribution is -0.113. The van der Waals surface area contributed by atoms with Gasteiger partial charge in [0.05, 0.1) is 10.6 Å². The summed E-state index contributed by atoms with van der Waals surface area (Å²) < 4.78 is 1.92. The Hall–Kier alpha value is -2.90. The fourth-order valence-corrected chi connectivity index (χ4v) is 4.29. The molecule has 1 N–H and O–H groups in total. The van der Waals surface area contributed by atoms with E-state index in [2.05, 4.69) is 15.5 Å². The van der Waals surface area contributed by atoms with E-state index in [1.807, 2.05) is 83.7 Å². The highest BCUT2D eigenvalue weighted by molar-refractivity contribution is 7.99. The summed E-state index contributed by atoms with van der Waals surface area (Å²) in [5.74, 6) is 1.00. The molecule has 0 bridgehead atoms. The van der Waals surface area contributed by atoms with Crippen molar-refractivity contribution in [1.82, 2.24) is 14.8 Å². The molecule has 4 aromatic rings. The number of carbonyl (C=O) groups is 1. The molecule has 1 amide bonds. The van der Waals surface area contributed by atoms with Crippen LogP contribution in [0, 0.1) is 0 Å². The van der Waals surface area contributed by atoms with Crippen LogP contribution < -0.4 is 5.32 Å². The van der Waals surface area contributed by atoms with Gasteiger partial charge in [-0.2, -0.15) is 0 Å². The lowest BCUT2D eigenvalue weighted by Gasteiger charge is -2.11. The molecule has 2 heterocycles. The van der Waals surface area contributed by atoms with E-state index in [0.717, 1.165) is 32.7 Å². The third-order valence-corrected chi connectivity index (χ3v) is 6.08. The van der Waals surface area contributed by atoms with Crippen molar-refractivity contribution in [1.29, 1.82) is 0 Å². The second-order valence-corrected chi connectivity index (χ2v) is 7.98. The Bertz CT molecular complexity index is 1080. The Kier molecular flexibility index (Phi) is 5.55. The zero-order valence-corrected chi connectivity index (χ0v) is 16.8. The Morgan fingerprint density at radius 3 is 2.61 bits per heavy atom. The highest BCUT2D eigenvalue weighted by Crippen LogP contribution is 2.29. The lowest BCUT2D eigenvalue weighted by Crippen LogP contribution is -2.15. The molecule has 4 rings (SSSR count). The average Bonchev–Trinajstić information content (AvgIpc) is 3.37. The molecule has 0 unspecified atom stereocenters. The highest BCUT2D eigenvalue weighted by Gasteiger charge is 2.14. The number of carbonyl (C=O) groups excluding carboxylic acids is 1. The van der Waals surface area contributed by atoms with Crippen LogP contribution in [0.15, 0.2) is 77.3 Å². The number of hydrogen-bond acceptors (Lipinski definition) is 5. The van der Waals surface area contributed by atoms with Gasteiger partial charge in [0.1, 0.15) is 0 Å². The van der Waals surface area contributed by atoms with Crippen LogP contribution in [-0.2, 0) is 11.8 Å². The van der Waals surface area contributed by atoms with Crippen molar-refractivity contribution in [3.63, 3.8) is 0 Å². The van der Waals surface area contributed by atoms with Crippen molar-refractivity contribution in [3.8, 4) is 21.8 Å². The third kappa shape index (κ3) is 4.00. The van der Waals surface area contributed by atoms with E-state index in [1.54, 1.807) is 11.3 Å². The molecule has 28 heavy (non-hydrogen) atoms. The first kappa shape index (κ1) is 18.5. The number of nitrogens with zero attached hydrogens (tertiary/aromatic N) is 3. The number of benzene rings is 2. The van der Waals surface area contributed by atoms with Gasteiger partial charge >= 0.3 is 0 Å². The van der Waals surface area contributed by atoms with Crippen molar-refractivity contribution in [2.24, 2.45) is 7.05 Å². The monoisotopic (exact) mass is 406 g/mol. The topological polar surface area (TPSA) is 59.8 Å². The van der Waals surface area contributed by atoms with Crippen molar-refractivity contribution >= 4 is 34.7 Å². The minimum absolute atomic E-state index is 0.0749. The average molecular weight is 407 g/mol. The number of nitrogens with one attached hydrogen (secondary N) is 1. The maximum atomic E-state index is 12.5. The van der Waals surface area contributed by atoms with Gasteiger partial charge in [-0.05, 0) is 23.1 Å². The molecule has 0 saturated carbocycles. The fraction of sp³-hybridized carbons (Fsp3) is 0.0952. The molecule has 0 aliphatic rings. The van der Waals surface area contributed by atoms with E-state index in [1.165, 1.54) is 11.8 Å². The van der Waals surface area contributed by atoms with Gasteiger partial charge in [-0.3, -0.25) is 4.79 Å². The van der Waals surface area contributed by atoms with Gasteiger partial charge in [-0.15, -0.1) is 21.5 Å². The molecule has 0 aliphatic carbocycles. The van der Waals surface area contributed by atoms with Gasteiger partial charge in [-0.25, -0.2) is 0 Å². The molecule has 7 heteroatoms. The number of para-hydroxylation sites is 1. The van der Waals surface area contributed by atoms with Gasteiger partial charge in [0.15, 0.2) is 11.0 Å². The van der Waals surface area contributed by atoms with Crippen LogP contribution in [0.1, 0.15) is 0 Å². The third-order valence-electron chi connectivity index (χ3n) is 4.19. The van der Waals surface area contributed by atoms with Crippen LogP contribution in [0.25, 0.3) is 21.8 Å². The number of anilines is 1. The van der Waals surface area contributed by atoms with Crippen LogP contribution in [0.5, 0.6) is 0 Å². The SMILES string of the molecule is Cn1c(SCC(=O)Nc2ccccc2-c2ccccc2)nnc1-c1cccs1. The maximum absolute atomic E-state index is 12.5. The van der Waals surface area contributed by atoms with Gasteiger partial charge in [0.2, 0.25) is 5.91 Å². The number of thioether (sulfide) groups is 1. The quantitative estimate of drug-likeness (QED) is 0.461. The number of thiophene rings is 1. The molecule has 5 nitrogen and oxygen atoms in total. The molecule has 0 spiro atoms. The Morgan fingerprint density at radius 2 is 1.82 bits per heavy atom. The molecule has 0 saturated heterocycles. The zero-order valence-electron chi connectivity index (χ0n) is 15.2. The molecule has 0 atom stereocenters. The predicted molar refractivity (Wildman–Crippen MR) is 116 cm³/mol. The summed E-state index contributed by atoms with van der Waals surface area (Å²) in [6, 6.07) is 21.8. The first-order valence-corrected chi connectivity index (χ1v) is 10.6. The molecular weight excluding hydrogens is 388 g/mol. The fourth-order valence-electron chi connectivity index (χ4n) is 2.84. The first-order chi connectivity index (χ1) is 13.7. The minimum Gasteiger partial charge on any atom is -0.325 e. The summed E-state index contributed by atoms with van der Waals surface area (Å²) in [7, 11) is 1.92. The number of rotatable bonds is 6. The lowest BCUT2D eigenvalue weighted by atomic mass is 10.0. The van der Waals surface area contributed by atoms with Crippen LogP contribution >= 0.6 is 23.1 Å². The largest absolute Gasteiger partial charge is 0.325 e. The van der Waals surface area contributed by atoms with Gasteiger partial charge in [0, 0.05) is 18.3 Å². The van der Waals surface area contributed by atoms with E-state index in [9.17, 15) is 4.79 Å². The van der Waals surface area contributed by atoms with Crippen molar-refractivity contribution in [2.45, 2.75) is 5.16 Å². The molecular formula is C21H18N4OS2. The second-order valence-electron chi connectivity index (χ2n) is 6.09. The molecule has 0 aliphatic heterocycles. The van der Waals surface area contributed by atoms with Crippen molar-refractivity contribution in [2.75, 3.05) is 11.1 Å². The van der Waals surface area contributed by atoms with Crippen LogP contribution in [0.3, 0.4) is 0 Å². The summed E-state index contributed by atoms with van der Waals surface area (Å²) in [6.07, 6.45) is 0. The summed E-state index contributed by atoms with van der Waals surface area (Å²) in [5, 5.41) is 14.2. The maximum Gasteiger partial charge on any atom is 0.234 e. The molecule has 2 aromatic heterocycles. The molecule has 2 aromatic carbocycles. The van der Waals surface area contributed by atoms with E-state index in [0.29, 0.717) is 0 Å². The van der Waals surface area contributed by atoms with Crippen LogP contribution in [0.4, 0.5) is 5.69 Å². The summed E-state index contributed by atoms with van der Waals surface area (Å²) >= 11 is 2.99. The Morgan fingerprint density at radius 1 is 1.04 bits per heavy atom. The van der Waals surface area contributed by atoms with Crippen LogP contribution in [0.2, 0.25) is 0 Å². The molecule has 140 valence electrons. The first-order valence-electron chi connectivity index (χ1n) is 8.73. The van der Waals surface area contributed by atoms with Crippen molar-refractivity contribution in [3.05, 3.63) is 72.1 Å². The number of hydrogen-bond donors (Lipinski definition) is 1. The normalized spacial score (nSPS) is 10.8. The predicted octanol–water partition coefficient (Wildman–Crippen LogP) is 4.94. The van der Waals surface area contributed by atoms with Gasteiger partial charge in [0.25, 0.3) is 0 Å². The minimum atomic E-state index is -0.0749. The number of aromatic nitrogens is 3. The highest BCUT2D eigenvalue weighted by atomic mass is 32.2. The van der Waals surface area contributed by atoms with Crippen molar-refractivity contribution < 1.29 is 4.79 Å². The number of amides is 1.